The number of hydrogen-bond donors (Lipinski definition) is 1. The highest BCUT2D eigenvalue weighted by molar-refractivity contribution is 5.92. The summed E-state index contributed by atoms with van der Waals surface area (Å²) in [6, 6.07) is 5.33. The Morgan fingerprint density at radius 2 is 2.06 bits per heavy atom. The fraction of sp³-hybridized carbons (Fsp3) is 0.167. The third-order valence-electron chi connectivity index (χ3n) is 2.58. The van der Waals surface area contributed by atoms with Crippen molar-refractivity contribution in [2.24, 2.45) is 7.05 Å². The Bertz CT molecular complexity index is 640. The molecule has 1 heterocycles. The highest BCUT2D eigenvalue weighted by Gasteiger charge is 2.12. The van der Waals surface area contributed by atoms with Crippen molar-refractivity contribution < 1.29 is 9.90 Å². The Morgan fingerprint density at radius 1 is 1.38 bits per heavy atom. The minimum Gasteiger partial charge on any atom is -0.477 e. The monoisotopic (exact) mass is 217 g/mol. The van der Waals surface area contributed by atoms with Gasteiger partial charge in [0.15, 0.2) is 0 Å². The molecule has 0 aliphatic rings. The lowest BCUT2D eigenvalue weighted by molar-refractivity contribution is 0.0695. The topological polar surface area (TPSA) is 59.3 Å². The van der Waals surface area contributed by atoms with E-state index in [1.165, 1.54) is 6.20 Å². The molecule has 16 heavy (non-hydrogen) atoms. The lowest BCUT2D eigenvalue weighted by Crippen LogP contribution is -2.17. The second kappa shape index (κ2) is 3.48. The van der Waals surface area contributed by atoms with E-state index >= 15 is 0 Å². The quantitative estimate of drug-likeness (QED) is 0.788. The summed E-state index contributed by atoms with van der Waals surface area (Å²) in [7, 11) is 1.73. The molecular weight excluding hydrogens is 206 g/mol. The number of fused-ring (bicyclic) bond motifs is 1. The van der Waals surface area contributed by atoms with Crippen molar-refractivity contribution in [1.82, 2.24) is 4.57 Å². The van der Waals surface area contributed by atoms with Crippen LogP contribution in [0, 0.1) is 6.92 Å². The van der Waals surface area contributed by atoms with Crippen molar-refractivity contribution in [2.45, 2.75) is 6.92 Å². The molecule has 2 rings (SSSR count). The Balaban J connectivity index is 2.96. The number of aromatic nitrogens is 1. The lowest BCUT2D eigenvalue weighted by atomic mass is 10.1. The van der Waals surface area contributed by atoms with Gasteiger partial charge in [0.05, 0.1) is 5.52 Å². The number of nitrogens with zero attached hydrogens (tertiary/aromatic N) is 1. The second-order valence-corrected chi connectivity index (χ2v) is 3.81. The van der Waals surface area contributed by atoms with Crippen molar-refractivity contribution >= 4 is 16.9 Å². The van der Waals surface area contributed by atoms with E-state index in [1.807, 2.05) is 13.0 Å². The molecule has 0 saturated heterocycles. The van der Waals surface area contributed by atoms with Gasteiger partial charge in [0, 0.05) is 18.6 Å². The van der Waals surface area contributed by atoms with E-state index in [0.29, 0.717) is 5.39 Å². The molecule has 0 amide bonds. The first-order chi connectivity index (χ1) is 7.50. The molecule has 4 heteroatoms. The average Bonchev–Trinajstić information content (AvgIpc) is 2.22. The molecule has 82 valence electrons. The molecular formula is C12H11NO3. The molecule has 0 fully saturated rings. The summed E-state index contributed by atoms with van der Waals surface area (Å²) in [5.74, 6) is -1.19. The maximum Gasteiger partial charge on any atom is 0.341 e. The van der Waals surface area contributed by atoms with Gasteiger partial charge in [0.2, 0.25) is 5.43 Å². The van der Waals surface area contributed by atoms with Crippen molar-refractivity contribution in [3.63, 3.8) is 0 Å². The fourth-order valence-corrected chi connectivity index (χ4v) is 1.74. The van der Waals surface area contributed by atoms with Crippen LogP contribution in [-0.4, -0.2) is 15.6 Å². The predicted octanol–water partition coefficient (Wildman–Crippen LogP) is 1.55. The molecule has 4 nitrogen and oxygen atoms in total. The van der Waals surface area contributed by atoms with Crippen molar-refractivity contribution in [3.05, 3.63) is 45.7 Å². The lowest BCUT2D eigenvalue weighted by Gasteiger charge is -2.07. The third-order valence-corrected chi connectivity index (χ3v) is 2.58. The molecule has 1 N–H and O–H groups in total. The molecule has 1 aromatic heterocycles. The van der Waals surface area contributed by atoms with Gasteiger partial charge in [-0.25, -0.2) is 4.79 Å². The van der Waals surface area contributed by atoms with E-state index in [2.05, 4.69) is 0 Å². The first-order valence-electron chi connectivity index (χ1n) is 4.84. The normalized spacial score (nSPS) is 10.6. The van der Waals surface area contributed by atoms with Gasteiger partial charge < -0.3 is 9.67 Å². The highest BCUT2D eigenvalue weighted by Crippen LogP contribution is 2.12. The maximum absolute atomic E-state index is 11.8. The number of aryl methyl sites for hydroxylation is 2. The number of benzene rings is 1. The first-order valence-corrected chi connectivity index (χ1v) is 4.84. The van der Waals surface area contributed by atoms with Gasteiger partial charge in [-0.05, 0) is 24.6 Å². The minimum atomic E-state index is -1.19. The zero-order valence-electron chi connectivity index (χ0n) is 9.02. The van der Waals surface area contributed by atoms with Crippen LogP contribution < -0.4 is 5.43 Å². The van der Waals surface area contributed by atoms with Crippen molar-refractivity contribution in [2.75, 3.05) is 0 Å². The number of aromatic carboxylic acids is 1. The number of hydrogen-bond acceptors (Lipinski definition) is 2. The second-order valence-electron chi connectivity index (χ2n) is 3.81. The van der Waals surface area contributed by atoms with Gasteiger partial charge in [0.25, 0.3) is 0 Å². The Morgan fingerprint density at radius 3 is 2.69 bits per heavy atom. The summed E-state index contributed by atoms with van der Waals surface area (Å²) in [6.45, 7) is 1.93. The molecule has 0 radical (unpaired) electrons. The van der Waals surface area contributed by atoms with E-state index in [0.717, 1.165) is 11.1 Å². The average molecular weight is 217 g/mol. The van der Waals surface area contributed by atoms with Crippen LogP contribution in [0.15, 0.2) is 29.2 Å². The van der Waals surface area contributed by atoms with E-state index in [-0.39, 0.29) is 5.56 Å². The molecule has 0 unspecified atom stereocenters. The minimum absolute atomic E-state index is 0.196. The highest BCUT2D eigenvalue weighted by atomic mass is 16.4. The number of carboxylic acid groups (broad SMARTS) is 1. The smallest absolute Gasteiger partial charge is 0.341 e. The molecule has 1 aromatic carbocycles. The van der Waals surface area contributed by atoms with Gasteiger partial charge in [-0.3, -0.25) is 4.79 Å². The summed E-state index contributed by atoms with van der Waals surface area (Å²) in [5.41, 5.74) is 1.15. The number of rotatable bonds is 1. The number of pyridine rings is 1. The molecule has 0 atom stereocenters. The largest absolute Gasteiger partial charge is 0.477 e. The summed E-state index contributed by atoms with van der Waals surface area (Å²) in [5, 5.41) is 9.33. The van der Waals surface area contributed by atoms with Crippen LogP contribution in [0.4, 0.5) is 0 Å². The van der Waals surface area contributed by atoms with Crippen LogP contribution in [-0.2, 0) is 7.05 Å². The van der Waals surface area contributed by atoms with Crippen LogP contribution in [0.1, 0.15) is 15.9 Å². The van der Waals surface area contributed by atoms with E-state index in [9.17, 15) is 9.59 Å². The molecule has 0 aliphatic carbocycles. The predicted molar refractivity (Wildman–Crippen MR) is 60.9 cm³/mol. The van der Waals surface area contributed by atoms with Gasteiger partial charge in [0.1, 0.15) is 5.56 Å². The number of carbonyl (C=O) groups is 1. The fourth-order valence-electron chi connectivity index (χ4n) is 1.74. The molecule has 0 spiro atoms. The van der Waals surface area contributed by atoms with Crippen LogP contribution in [0.25, 0.3) is 10.9 Å². The van der Waals surface area contributed by atoms with Crippen LogP contribution >= 0.6 is 0 Å². The van der Waals surface area contributed by atoms with Crippen LogP contribution in [0.3, 0.4) is 0 Å². The molecule has 2 aromatic rings. The van der Waals surface area contributed by atoms with Gasteiger partial charge in [-0.2, -0.15) is 0 Å². The Hall–Kier alpha value is -2.10. The van der Waals surface area contributed by atoms with Crippen molar-refractivity contribution in [3.8, 4) is 0 Å². The standard InChI is InChI=1S/C12H11NO3/c1-7-3-4-8-10(5-7)13(2)6-9(11(8)14)12(15)16/h3-6H,1-2H3,(H,15,16). The molecule has 0 bridgehead atoms. The first kappa shape index (κ1) is 10.4. The zero-order valence-corrected chi connectivity index (χ0v) is 9.02. The number of carboxylic acids is 1. The van der Waals surface area contributed by atoms with Gasteiger partial charge in [-0.1, -0.05) is 6.07 Å². The zero-order chi connectivity index (χ0) is 11.9. The maximum atomic E-state index is 11.8. The van der Waals surface area contributed by atoms with E-state index in [1.54, 1.807) is 23.7 Å². The van der Waals surface area contributed by atoms with Crippen LogP contribution in [0.2, 0.25) is 0 Å². The van der Waals surface area contributed by atoms with Gasteiger partial charge >= 0.3 is 5.97 Å². The van der Waals surface area contributed by atoms with E-state index < -0.39 is 11.4 Å². The van der Waals surface area contributed by atoms with E-state index in [4.69, 9.17) is 5.11 Å². The summed E-state index contributed by atoms with van der Waals surface area (Å²) in [6.07, 6.45) is 1.35. The summed E-state index contributed by atoms with van der Waals surface area (Å²) < 4.78 is 1.66. The Labute approximate surface area is 91.8 Å². The third kappa shape index (κ3) is 1.48. The summed E-state index contributed by atoms with van der Waals surface area (Å²) >= 11 is 0. The Kier molecular flexibility index (Phi) is 2.27. The SMILES string of the molecule is Cc1ccc2c(=O)c(C(=O)O)cn(C)c2c1. The van der Waals surface area contributed by atoms with Crippen LogP contribution in [0.5, 0.6) is 0 Å². The molecule has 0 aliphatic heterocycles. The van der Waals surface area contributed by atoms with Crippen molar-refractivity contribution in [1.29, 1.82) is 0 Å². The van der Waals surface area contributed by atoms with Gasteiger partial charge in [-0.15, -0.1) is 0 Å². The summed E-state index contributed by atoms with van der Waals surface area (Å²) in [4.78, 5) is 22.7. The molecule has 0 saturated carbocycles.